The SMILES string of the molecule is Cn1c2ccccc2c2cc(-c3ccc4c(c3)oc3ccccc34)ccc21. The highest BCUT2D eigenvalue weighted by Gasteiger charge is 2.11. The van der Waals surface area contributed by atoms with E-state index in [0.29, 0.717) is 0 Å². The van der Waals surface area contributed by atoms with E-state index in [2.05, 4.69) is 84.4 Å². The lowest BCUT2D eigenvalue weighted by molar-refractivity contribution is 0.669. The van der Waals surface area contributed by atoms with Crippen molar-refractivity contribution < 1.29 is 4.42 Å². The van der Waals surface area contributed by atoms with Crippen molar-refractivity contribution in [3.63, 3.8) is 0 Å². The number of furan rings is 1. The lowest BCUT2D eigenvalue weighted by Crippen LogP contribution is -1.86. The largest absolute Gasteiger partial charge is 0.456 e. The molecule has 0 bridgehead atoms. The number of nitrogens with zero attached hydrogens (tertiary/aromatic N) is 1. The second-order valence-electron chi connectivity index (χ2n) is 7.12. The molecule has 2 heteroatoms. The van der Waals surface area contributed by atoms with Crippen molar-refractivity contribution in [1.29, 1.82) is 0 Å². The van der Waals surface area contributed by atoms with Crippen LogP contribution in [-0.2, 0) is 7.05 Å². The summed E-state index contributed by atoms with van der Waals surface area (Å²) in [5.41, 5.74) is 6.78. The zero-order chi connectivity index (χ0) is 18.0. The van der Waals surface area contributed by atoms with Crippen LogP contribution in [0.1, 0.15) is 0 Å². The smallest absolute Gasteiger partial charge is 0.136 e. The molecular weight excluding hydrogens is 330 g/mol. The summed E-state index contributed by atoms with van der Waals surface area (Å²) in [7, 11) is 2.13. The summed E-state index contributed by atoms with van der Waals surface area (Å²) in [5, 5.41) is 4.92. The number of hydrogen-bond donors (Lipinski definition) is 0. The molecule has 0 aliphatic heterocycles. The van der Waals surface area contributed by atoms with Crippen LogP contribution in [-0.4, -0.2) is 4.57 Å². The molecule has 0 aliphatic rings. The summed E-state index contributed by atoms with van der Waals surface area (Å²) in [6.07, 6.45) is 0. The van der Waals surface area contributed by atoms with Gasteiger partial charge in [-0.25, -0.2) is 0 Å². The minimum atomic E-state index is 0.937. The first-order valence-electron chi connectivity index (χ1n) is 9.18. The van der Waals surface area contributed by atoms with E-state index < -0.39 is 0 Å². The molecule has 0 spiro atoms. The van der Waals surface area contributed by atoms with Crippen molar-refractivity contribution in [2.75, 3.05) is 0 Å². The molecule has 0 saturated carbocycles. The van der Waals surface area contributed by atoms with Gasteiger partial charge in [-0.1, -0.05) is 48.5 Å². The molecule has 0 saturated heterocycles. The Kier molecular flexibility index (Phi) is 2.84. The molecule has 0 unspecified atom stereocenters. The van der Waals surface area contributed by atoms with Gasteiger partial charge in [0.05, 0.1) is 0 Å². The first-order chi connectivity index (χ1) is 13.3. The Morgan fingerprint density at radius 1 is 0.556 bits per heavy atom. The molecule has 0 atom stereocenters. The first-order valence-corrected chi connectivity index (χ1v) is 9.18. The average Bonchev–Trinajstić information content (AvgIpc) is 3.23. The van der Waals surface area contributed by atoms with E-state index >= 15 is 0 Å². The van der Waals surface area contributed by atoms with Gasteiger partial charge < -0.3 is 8.98 Å². The van der Waals surface area contributed by atoms with Crippen LogP contribution in [0.25, 0.3) is 54.9 Å². The van der Waals surface area contributed by atoms with Crippen LogP contribution in [0.3, 0.4) is 0 Å². The van der Waals surface area contributed by atoms with E-state index in [4.69, 9.17) is 4.42 Å². The van der Waals surface area contributed by atoms with Crippen molar-refractivity contribution in [3.05, 3.63) is 84.9 Å². The summed E-state index contributed by atoms with van der Waals surface area (Å²) in [4.78, 5) is 0. The van der Waals surface area contributed by atoms with Crippen LogP contribution in [0, 0.1) is 0 Å². The third kappa shape index (κ3) is 2.01. The summed E-state index contributed by atoms with van der Waals surface area (Å²) in [5.74, 6) is 0. The predicted octanol–water partition coefficient (Wildman–Crippen LogP) is 6.90. The molecule has 2 heterocycles. The highest BCUT2D eigenvalue weighted by Crippen LogP contribution is 2.35. The predicted molar refractivity (Wildman–Crippen MR) is 113 cm³/mol. The van der Waals surface area contributed by atoms with Gasteiger partial charge in [-0.3, -0.25) is 0 Å². The van der Waals surface area contributed by atoms with Crippen molar-refractivity contribution in [2.45, 2.75) is 0 Å². The normalized spacial score (nSPS) is 11.9. The molecule has 2 aromatic heterocycles. The molecule has 0 radical (unpaired) electrons. The fourth-order valence-electron chi connectivity index (χ4n) is 4.25. The molecule has 0 amide bonds. The van der Waals surface area contributed by atoms with Crippen LogP contribution < -0.4 is 0 Å². The molecular formula is C25H17NO. The molecule has 2 nitrogen and oxygen atoms in total. The highest BCUT2D eigenvalue weighted by atomic mass is 16.3. The van der Waals surface area contributed by atoms with Gasteiger partial charge in [0.15, 0.2) is 0 Å². The number of rotatable bonds is 1. The van der Waals surface area contributed by atoms with Gasteiger partial charge in [-0.05, 0) is 47.5 Å². The van der Waals surface area contributed by atoms with E-state index in [9.17, 15) is 0 Å². The number of aromatic nitrogens is 1. The number of benzene rings is 4. The molecule has 6 aromatic rings. The van der Waals surface area contributed by atoms with Crippen LogP contribution >= 0.6 is 0 Å². The molecule has 6 rings (SSSR count). The van der Waals surface area contributed by atoms with E-state index in [0.717, 1.165) is 11.2 Å². The van der Waals surface area contributed by atoms with Gasteiger partial charge in [0, 0.05) is 39.6 Å². The van der Waals surface area contributed by atoms with Crippen molar-refractivity contribution in [3.8, 4) is 11.1 Å². The second kappa shape index (κ2) is 5.24. The van der Waals surface area contributed by atoms with E-state index in [-0.39, 0.29) is 0 Å². The van der Waals surface area contributed by atoms with Gasteiger partial charge in [0.1, 0.15) is 11.2 Å². The maximum atomic E-state index is 6.07. The Balaban J connectivity index is 1.60. The highest BCUT2D eigenvalue weighted by molar-refractivity contribution is 6.10. The minimum absolute atomic E-state index is 0.937. The zero-order valence-corrected chi connectivity index (χ0v) is 14.9. The monoisotopic (exact) mass is 347 g/mol. The molecule has 0 N–H and O–H groups in total. The number of hydrogen-bond acceptors (Lipinski definition) is 1. The Hall–Kier alpha value is -3.52. The van der Waals surface area contributed by atoms with Gasteiger partial charge in [-0.15, -0.1) is 0 Å². The first kappa shape index (κ1) is 14.6. The lowest BCUT2D eigenvalue weighted by Gasteiger charge is -2.03. The van der Waals surface area contributed by atoms with Gasteiger partial charge in [-0.2, -0.15) is 0 Å². The second-order valence-corrected chi connectivity index (χ2v) is 7.12. The van der Waals surface area contributed by atoms with Gasteiger partial charge in [0.25, 0.3) is 0 Å². The van der Waals surface area contributed by atoms with Gasteiger partial charge in [0.2, 0.25) is 0 Å². The summed E-state index contributed by atoms with van der Waals surface area (Å²) < 4.78 is 8.33. The molecule has 0 fully saturated rings. The number of fused-ring (bicyclic) bond motifs is 6. The van der Waals surface area contributed by atoms with Crippen LogP contribution in [0.4, 0.5) is 0 Å². The van der Waals surface area contributed by atoms with Crippen LogP contribution in [0.15, 0.2) is 89.3 Å². The molecule has 128 valence electrons. The van der Waals surface area contributed by atoms with Crippen molar-refractivity contribution in [1.82, 2.24) is 4.57 Å². The Labute approximate surface area is 156 Å². The zero-order valence-electron chi connectivity index (χ0n) is 14.9. The third-order valence-electron chi connectivity index (χ3n) is 5.63. The topological polar surface area (TPSA) is 18.1 Å². The Morgan fingerprint density at radius 2 is 1.22 bits per heavy atom. The number of para-hydroxylation sites is 2. The Morgan fingerprint density at radius 3 is 2.15 bits per heavy atom. The number of aryl methyl sites for hydroxylation is 1. The maximum Gasteiger partial charge on any atom is 0.136 e. The average molecular weight is 347 g/mol. The third-order valence-corrected chi connectivity index (χ3v) is 5.63. The molecule has 0 aliphatic carbocycles. The maximum absolute atomic E-state index is 6.07. The summed E-state index contributed by atoms with van der Waals surface area (Å²) in [6, 6.07) is 30.0. The van der Waals surface area contributed by atoms with Crippen molar-refractivity contribution in [2.24, 2.45) is 7.05 Å². The quantitative estimate of drug-likeness (QED) is 0.316. The Bertz CT molecular complexity index is 1480. The lowest BCUT2D eigenvalue weighted by atomic mass is 10.0. The standard InChI is InChI=1S/C25H17NO/c1-26-22-8-4-2-6-18(22)21-14-16(11-13-23(21)26)17-10-12-20-19-7-3-5-9-24(19)27-25(20)15-17/h2-15H,1H3. The molecule has 4 aromatic carbocycles. The summed E-state index contributed by atoms with van der Waals surface area (Å²) >= 11 is 0. The summed E-state index contributed by atoms with van der Waals surface area (Å²) in [6.45, 7) is 0. The van der Waals surface area contributed by atoms with Gasteiger partial charge >= 0.3 is 0 Å². The fourth-order valence-corrected chi connectivity index (χ4v) is 4.25. The molecule has 27 heavy (non-hydrogen) atoms. The van der Waals surface area contributed by atoms with E-state index in [1.807, 2.05) is 12.1 Å². The van der Waals surface area contributed by atoms with E-state index in [1.54, 1.807) is 0 Å². The van der Waals surface area contributed by atoms with Crippen molar-refractivity contribution >= 4 is 43.7 Å². The minimum Gasteiger partial charge on any atom is -0.456 e. The van der Waals surface area contributed by atoms with Crippen LogP contribution in [0.2, 0.25) is 0 Å². The van der Waals surface area contributed by atoms with Crippen LogP contribution in [0.5, 0.6) is 0 Å². The van der Waals surface area contributed by atoms with E-state index in [1.165, 1.54) is 43.7 Å². The fraction of sp³-hybridized carbons (Fsp3) is 0.0400.